The fourth-order valence-electron chi connectivity index (χ4n) is 5.69. The van der Waals surface area contributed by atoms with Crippen molar-refractivity contribution in [1.29, 1.82) is 5.41 Å². The lowest BCUT2D eigenvalue weighted by Crippen LogP contribution is -2.51. The van der Waals surface area contributed by atoms with Crippen molar-refractivity contribution in [3.05, 3.63) is 56.9 Å². The van der Waals surface area contributed by atoms with E-state index in [1.807, 2.05) is 0 Å². The first-order valence-electron chi connectivity index (χ1n) is 14.3. The van der Waals surface area contributed by atoms with E-state index < -0.39 is 51.8 Å². The second-order valence-electron chi connectivity index (χ2n) is 11.0. The summed E-state index contributed by atoms with van der Waals surface area (Å²) in [5.74, 6) is 0. The molecule has 0 atom stereocenters. The second-order valence-corrected chi connectivity index (χ2v) is 14.8. The number of hydrogen-bond donors (Lipinski definition) is 1. The van der Waals surface area contributed by atoms with Crippen LogP contribution in [0.2, 0.25) is 0 Å². The number of halogens is 6. The Hall–Kier alpha value is -2.45. The number of benzene rings is 1. The molecule has 0 bridgehead atoms. The number of rotatable bonds is 9. The molecule has 240 valence electrons. The number of unbranched alkanes of at least 4 members (excludes halogenated alkanes) is 4. The molecule has 1 heterocycles. The van der Waals surface area contributed by atoms with Crippen molar-refractivity contribution >= 4 is 37.0 Å². The van der Waals surface area contributed by atoms with Crippen LogP contribution in [-0.2, 0) is 19.7 Å². The molecule has 1 saturated heterocycles. The van der Waals surface area contributed by atoms with E-state index >= 15 is 0 Å². The highest BCUT2D eigenvalue weighted by molar-refractivity contribution is 8.00. The van der Waals surface area contributed by atoms with Crippen molar-refractivity contribution < 1.29 is 47.7 Å². The lowest BCUT2D eigenvalue weighted by atomic mass is 9.95. The summed E-state index contributed by atoms with van der Waals surface area (Å²) in [6.45, 7) is 10.4. The Bertz CT molecular complexity index is 1520. The Morgan fingerprint density at radius 2 is 1.35 bits per heavy atom. The Kier molecular flexibility index (Phi) is 10.8. The molecule has 6 nitrogen and oxygen atoms in total. The Morgan fingerprint density at radius 3 is 1.91 bits per heavy atom. The minimum Gasteiger partial charge on any atom is -0.324 e. The maximum Gasteiger partial charge on any atom is 0.502 e. The van der Waals surface area contributed by atoms with E-state index in [4.69, 9.17) is 5.41 Å². The van der Waals surface area contributed by atoms with Gasteiger partial charge in [0.1, 0.15) is 4.91 Å². The fraction of sp³-hybridized carbons (Fsp3) is 0.552. The number of likely N-dealkylation sites (tertiary alicyclic amines) is 1. The molecule has 0 unspecified atom stereocenters. The zero-order valence-corrected chi connectivity index (χ0v) is 25.7. The zero-order valence-electron chi connectivity index (χ0n) is 24.1. The van der Waals surface area contributed by atoms with Gasteiger partial charge in [-0.2, -0.15) is 26.3 Å². The number of sulfone groups is 2. The standard InChI is InChI=1S/C15H7F6NO4S2.C14H30N/c16-14(17,18)27(23,24)11-6-9-8-4-2-1-3-7(8)5-10(9)12(22)13(11)28(25,26)15(19,20)21;1-3-5-6-7-9-12-15(4-2)13-10-8-11-14-15/h1-6,22H;3-14H2,1-2H3/q;+1. The lowest BCUT2D eigenvalue weighted by Gasteiger charge is -2.41. The first-order chi connectivity index (χ1) is 19.9. The number of nitrogens with zero attached hydrogens (tertiary/aromatic N) is 1. The summed E-state index contributed by atoms with van der Waals surface area (Å²) in [6, 6.07) is 5.69. The zero-order chi connectivity index (χ0) is 32.3. The highest BCUT2D eigenvalue weighted by Crippen LogP contribution is 2.47. The molecule has 3 aliphatic rings. The van der Waals surface area contributed by atoms with E-state index in [0.29, 0.717) is 0 Å². The van der Waals surface area contributed by atoms with Crippen LogP contribution in [0.5, 0.6) is 0 Å². The van der Waals surface area contributed by atoms with E-state index in [-0.39, 0.29) is 22.8 Å². The third-order valence-electron chi connectivity index (χ3n) is 8.18. The number of fused-ring (bicyclic) bond motifs is 3. The summed E-state index contributed by atoms with van der Waals surface area (Å²) in [5.41, 5.74) is -13.9. The normalized spacial score (nSPS) is 18.7. The SMILES string of the molecule is CCCCCCC[N+]1(CC)CCCCC1.N=C1C2=Cc3ccccc3C2=CC(S(=O)(=O)C(F)(F)F)=C1S(=O)(=O)C(F)(F)F. The van der Waals surface area contributed by atoms with Gasteiger partial charge in [0.05, 0.1) is 36.8 Å². The van der Waals surface area contributed by atoms with Crippen molar-refractivity contribution in [3.63, 3.8) is 0 Å². The highest BCUT2D eigenvalue weighted by atomic mass is 32.2. The smallest absolute Gasteiger partial charge is 0.324 e. The monoisotopic (exact) mass is 655 g/mol. The fourth-order valence-corrected chi connectivity index (χ4v) is 8.15. The highest BCUT2D eigenvalue weighted by Gasteiger charge is 2.57. The molecular weight excluding hydrogens is 618 g/mol. The summed E-state index contributed by atoms with van der Waals surface area (Å²) >= 11 is 0. The Balaban J connectivity index is 0.000000285. The summed E-state index contributed by atoms with van der Waals surface area (Å²) in [6.07, 6.45) is 13.0. The van der Waals surface area contributed by atoms with Crippen molar-refractivity contribution in [3.8, 4) is 0 Å². The van der Waals surface area contributed by atoms with Crippen LogP contribution in [0.25, 0.3) is 11.6 Å². The summed E-state index contributed by atoms with van der Waals surface area (Å²) in [4.78, 5) is -4.38. The molecule has 1 fully saturated rings. The molecule has 1 aromatic carbocycles. The molecular formula is C29H37F6N2O4S2+. The minimum atomic E-state index is -6.58. The van der Waals surface area contributed by atoms with Gasteiger partial charge in [-0.15, -0.1) is 0 Å². The van der Waals surface area contributed by atoms with Crippen molar-refractivity contribution in [2.75, 3.05) is 26.2 Å². The number of hydrogen-bond acceptors (Lipinski definition) is 5. The number of quaternary nitrogens is 1. The Morgan fingerprint density at radius 1 is 0.767 bits per heavy atom. The molecule has 43 heavy (non-hydrogen) atoms. The van der Waals surface area contributed by atoms with E-state index in [0.717, 1.165) is 6.08 Å². The van der Waals surface area contributed by atoms with Gasteiger partial charge in [-0.05, 0) is 67.9 Å². The molecule has 1 aliphatic heterocycles. The van der Waals surface area contributed by atoms with Crippen LogP contribution < -0.4 is 0 Å². The molecule has 14 heteroatoms. The minimum absolute atomic E-state index is 0.153. The first-order valence-corrected chi connectivity index (χ1v) is 17.2. The predicted octanol–water partition coefficient (Wildman–Crippen LogP) is 7.56. The summed E-state index contributed by atoms with van der Waals surface area (Å²) in [5, 5.41) is 7.82. The summed E-state index contributed by atoms with van der Waals surface area (Å²) in [7, 11) is -13.1. The molecule has 0 radical (unpaired) electrons. The van der Waals surface area contributed by atoms with Crippen LogP contribution in [0, 0.1) is 5.41 Å². The van der Waals surface area contributed by atoms with Gasteiger partial charge in [0.2, 0.25) is 0 Å². The number of allylic oxidation sites excluding steroid dienone is 4. The topological polar surface area (TPSA) is 92.1 Å². The number of nitrogens with one attached hydrogen (secondary N) is 1. The van der Waals surface area contributed by atoms with E-state index in [9.17, 15) is 43.2 Å². The molecule has 0 amide bonds. The van der Waals surface area contributed by atoms with Crippen LogP contribution >= 0.6 is 0 Å². The maximum absolute atomic E-state index is 13.0. The van der Waals surface area contributed by atoms with Crippen molar-refractivity contribution in [2.24, 2.45) is 0 Å². The molecule has 4 rings (SSSR count). The van der Waals surface area contributed by atoms with Crippen LogP contribution in [0.1, 0.15) is 76.3 Å². The number of piperidine rings is 1. The summed E-state index contributed by atoms with van der Waals surface area (Å²) < 4.78 is 127. The predicted molar refractivity (Wildman–Crippen MR) is 155 cm³/mol. The van der Waals surface area contributed by atoms with Crippen molar-refractivity contribution in [1.82, 2.24) is 0 Å². The largest absolute Gasteiger partial charge is 0.502 e. The molecule has 0 saturated carbocycles. The molecule has 2 aliphatic carbocycles. The third-order valence-corrected chi connectivity index (χ3v) is 11.4. The van der Waals surface area contributed by atoms with Crippen LogP contribution in [-0.4, -0.2) is 64.2 Å². The van der Waals surface area contributed by atoms with E-state index in [2.05, 4.69) is 13.8 Å². The number of alkyl halides is 6. The van der Waals surface area contributed by atoms with Crippen LogP contribution in [0.15, 0.2) is 45.7 Å². The third kappa shape index (κ3) is 7.28. The van der Waals surface area contributed by atoms with Gasteiger partial charge in [0, 0.05) is 5.57 Å². The maximum atomic E-state index is 13.0. The average Bonchev–Trinajstić information content (AvgIpc) is 3.31. The van der Waals surface area contributed by atoms with E-state index in [1.54, 1.807) is 0 Å². The molecule has 1 aromatic rings. The van der Waals surface area contributed by atoms with Gasteiger partial charge in [-0.1, -0.05) is 50.5 Å². The average molecular weight is 656 g/mol. The first kappa shape index (κ1) is 35.0. The molecule has 1 N–H and O–H groups in total. The lowest BCUT2D eigenvalue weighted by molar-refractivity contribution is -0.931. The molecule has 0 aromatic heterocycles. The van der Waals surface area contributed by atoms with E-state index in [1.165, 1.54) is 106 Å². The van der Waals surface area contributed by atoms with Gasteiger partial charge >= 0.3 is 11.0 Å². The van der Waals surface area contributed by atoms with Crippen molar-refractivity contribution in [2.45, 2.75) is 76.2 Å². The molecule has 0 spiro atoms. The van der Waals surface area contributed by atoms with Gasteiger partial charge in [0.25, 0.3) is 19.7 Å². The second kappa shape index (κ2) is 13.3. The van der Waals surface area contributed by atoms with Gasteiger partial charge < -0.3 is 4.48 Å². The van der Waals surface area contributed by atoms with Gasteiger partial charge in [-0.25, -0.2) is 16.8 Å². The van der Waals surface area contributed by atoms with Crippen LogP contribution in [0.4, 0.5) is 26.3 Å². The van der Waals surface area contributed by atoms with Gasteiger partial charge in [-0.3, -0.25) is 5.41 Å². The van der Waals surface area contributed by atoms with Gasteiger partial charge in [0.15, 0.2) is 0 Å². The quantitative estimate of drug-likeness (QED) is 0.169. The Labute approximate surface area is 249 Å². The van der Waals surface area contributed by atoms with Crippen LogP contribution in [0.3, 0.4) is 0 Å².